The summed E-state index contributed by atoms with van der Waals surface area (Å²) in [4.78, 5) is 13.4. The Labute approximate surface area is 91.0 Å². The molecule has 1 N–H and O–H groups in total. The van der Waals surface area contributed by atoms with Crippen molar-refractivity contribution in [2.24, 2.45) is 0 Å². The third kappa shape index (κ3) is 5.35. The molecular formula is C10H19N3O2. The standard InChI is InChI=1S/C10H19N3O2/c1-9(12-2)10(14)13(6-4-5-11)7-8-15-3/h9,12H,4,6-8H2,1-3H3. The molecule has 1 unspecified atom stereocenters. The van der Waals surface area contributed by atoms with E-state index in [9.17, 15) is 4.79 Å². The number of rotatable bonds is 7. The van der Waals surface area contributed by atoms with Crippen LogP contribution in [-0.4, -0.2) is 50.7 Å². The third-order valence-corrected chi connectivity index (χ3v) is 2.17. The van der Waals surface area contributed by atoms with E-state index in [0.29, 0.717) is 26.1 Å². The first-order valence-electron chi connectivity index (χ1n) is 4.99. The second kappa shape index (κ2) is 8.21. The molecule has 0 saturated carbocycles. The zero-order valence-corrected chi connectivity index (χ0v) is 9.62. The van der Waals surface area contributed by atoms with E-state index in [1.54, 1.807) is 26.0 Å². The molecule has 0 aromatic heterocycles. The highest BCUT2D eigenvalue weighted by molar-refractivity contribution is 5.81. The van der Waals surface area contributed by atoms with Crippen LogP contribution in [0.3, 0.4) is 0 Å². The zero-order valence-electron chi connectivity index (χ0n) is 9.62. The number of methoxy groups -OCH3 is 1. The van der Waals surface area contributed by atoms with E-state index >= 15 is 0 Å². The van der Waals surface area contributed by atoms with Crippen molar-refractivity contribution < 1.29 is 9.53 Å². The first-order valence-corrected chi connectivity index (χ1v) is 4.99. The lowest BCUT2D eigenvalue weighted by molar-refractivity contribution is -0.133. The Bertz CT molecular complexity index is 225. The summed E-state index contributed by atoms with van der Waals surface area (Å²) in [5.74, 6) is 0.00444. The van der Waals surface area contributed by atoms with Gasteiger partial charge in [0.1, 0.15) is 0 Å². The van der Waals surface area contributed by atoms with Gasteiger partial charge in [0.25, 0.3) is 0 Å². The van der Waals surface area contributed by atoms with Crippen molar-refractivity contribution in [3.8, 4) is 6.07 Å². The molecule has 0 aliphatic rings. The number of hydrogen-bond donors (Lipinski definition) is 1. The summed E-state index contributed by atoms with van der Waals surface area (Å²) in [6.07, 6.45) is 0.353. The highest BCUT2D eigenvalue weighted by atomic mass is 16.5. The van der Waals surface area contributed by atoms with Crippen LogP contribution in [0.1, 0.15) is 13.3 Å². The quantitative estimate of drug-likeness (QED) is 0.645. The Balaban J connectivity index is 4.20. The number of nitrogens with zero attached hydrogens (tertiary/aromatic N) is 2. The van der Waals surface area contributed by atoms with Gasteiger partial charge in [0.15, 0.2) is 0 Å². The van der Waals surface area contributed by atoms with E-state index in [-0.39, 0.29) is 11.9 Å². The minimum atomic E-state index is -0.222. The van der Waals surface area contributed by atoms with Gasteiger partial charge in [-0.05, 0) is 14.0 Å². The van der Waals surface area contributed by atoms with Crippen molar-refractivity contribution in [3.05, 3.63) is 0 Å². The van der Waals surface area contributed by atoms with Gasteiger partial charge in [-0.25, -0.2) is 0 Å². The molecule has 0 heterocycles. The molecule has 0 rings (SSSR count). The number of likely N-dealkylation sites (N-methyl/N-ethyl adjacent to an activating group) is 1. The summed E-state index contributed by atoms with van der Waals surface area (Å²) in [7, 11) is 3.33. The highest BCUT2D eigenvalue weighted by Gasteiger charge is 2.18. The Hall–Kier alpha value is -1.12. The van der Waals surface area contributed by atoms with Gasteiger partial charge in [-0.3, -0.25) is 4.79 Å². The van der Waals surface area contributed by atoms with Crippen LogP contribution in [-0.2, 0) is 9.53 Å². The maximum Gasteiger partial charge on any atom is 0.239 e. The fourth-order valence-corrected chi connectivity index (χ4v) is 1.12. The fraction of sp³-hybridized carbons (Fsp3) is 0.800. The Kier molecular flexibility index (Phi) is 7.60. The van der Waals surface area contributed by atoms with Crippen LogP contribution in [0.5, 0.6) is 0 Å². The average molecular weight is 213 g/mol. The number of nitrogens with one attached hydrogen (secondary N) is 1. The van der Waals surface area contributed by atoms with Gasteiger partial charge >= 0.3 is 0 Å². The third-order valence-electron chi connectivity index (χ3n) is 2.17. The fourth-order valence-electron chi connectivity index (χ4n) is 1.12. The number of carbonyl (C=O) groups excluding carboxylic acids is 1. The Morgan fingerprint density at radius 1 is 1.60 bits per heavy atom. The van der Waals surface area contributed by atoms with E-state index in [0.717, 1.165) is 0 Å². The highest BCUT2D eigenvalue weighted by Crippen LogP contribution is 1.97. The SMILES string of the molecule is CNC(C)C(=O)N(CCC#N)CCOC. The second-order valence-corrected chi connectivity index (χ2v) is 3.24. The van der Waals surface area contributed by atoms with Gasteiger partial charge in [-0.1, -0.05) is 0 Å². The minimum Gasteiger partial charge on any atom is -0.383 e. The number of ether oxygens (including phenoxy) is 1. The first-order chi connectivity index (χ1) is 7.17. The van der Waals surface area contributed by atoms with Gasteiger partial charge in [-0.15, -0.1) is 0 Å². The largest absolute Gasteiger partial charge is 0.383 e. The number of amides is 1. The van der Waals surface area contributed by atoms with E-state index in [1.807, 2.05) is 6.07 Å². The molecule has 5 nitrogen and oxygen atoms in total. The molecule has 0 fully saturated rings. The molecule has 0 aromatic carbocycles. The normalized spacial score (nSPS) is 11.9. The van der Waals surface area contributed by atoms with E-state index in [1.165, 1.54) is 0 Å². The molecule has 0 saturated heterocycles. The summed E-state index contributed by atoms with van der Waals surface area (Å²) in [5.41, 5.74) is 0. The van der Waals surface area contributed by atoms with Crippen molar-refractivity contribution >= 4 is 5.91 Å². The molecule has 1 atom stereocenters. The summed E-state index contributed by atoms with van der Waals surface area (Å²) >= 11 is 0. The topological polar surface area (TPSA) is 65.4 Å². The average Bonchev–Trinajstić information content (AvgIpc) is 2.27. The van der Waals surface area contributed by atoms with Gasteiger partial charge in [0.05, 0.1) is 25.1 Å². The summed E-state index contributed by atoms with van der Waals surface area (Å²) < 4.78 is 4.92. The number of hydrogen-bond acceptors (Lipinski definition) is 4. The molecule has 1 amide bonds. The van der Waals surface area contributed by atoms with Crippen molar-refractivity contribution in [1.82, 2.24) is 10.2 Å². The lowest BCUT2D eigenvalue weighted by Gasteiger charge is -2.24. The minimum absolute atomic E-state index is 0.00444. The predicted molar refractivity (Wildman–Crippen MR) is 57.2 cm³/mol. The maximum absolute atomic E-state index is 11.8. The molecule has 0 radical (unpaired) electrons. The zero-order chi connectivity index (χ0) is 11.7. The summed E-state index contributed by atoms with van der Waals surface area (Å²) in [5, 5.41) is 11.4. The number of nitriles is 1. The van der Waals surface area contributed by atoms with Crippen molar-refractivity contribution in [1.29, 1.82) is 5.26 Å². The molecule has 15 heavy (non-hydrogen) atoms. The molecule has 0 bridgehead atoms. The predicted octanol–water partition coefficient (Wildman–Crippen LogP) is -0.0170. The van der Waals surface area contributed by atoms with Gasteiger partial charge in [0.2, 0.25) is 5.91 Å². The van der Waals surface area contributed by atoms with Crippen molar-refractivity contribution in [2.75, 3.05) is 33.9 Å². The van der Waals surface area contributed by atoms with E-state index < -0.39 is 0 Å². The van der Waals surface area contributed by atoms with Crippen LogP contribution in [0.25, 0.3) is 0 Å². The van der Waals surface area contributed by atoms with Crippen molar-refractivity contribution in [3.63, 3.8) is 0 Å². The monoisotopic (exact) mass is 213 g/mol. The van der Waals surface area contributed by atoms with Gasteiger partial charge in [-0.2, -0.15) is 5.26 Å². The Morgan fingerprint density at radius 3 is 2.73 bits per heavy atom. The molecule has 5 heteroatoms. The Morgan fingerprint density at radius 2 is 2.27 bits per heavy atom. The molecule has 0 aliphatic carbocycles. The van der Waals surface area contributed by atoms with Gasteiger partial charge < -0.3 is 15.0 Å². The smallest absolute Gasteiger partial charge is 0.239 e. The van der Waals surface area contributed by atoms with Crippen LogP contribution in [0.2, 0.25) is 0 Å². The van der Waals surface area contributed by atoms with Crippen LogP contribution in [0, 0.1) is 11.3 Å². The first kappa shape index (κ1) is 13.9. The van der Waals surface area contributed by atoms with Crippen molar-refractivity contribution in [2.45, 2.75) is 19.4 Å². The van der Waals surface area contributed by atoms with E-state index in [2.05, 4.69) is 5.32 Å². The van der Waals surface area contributed by atoms with Crippen LogP contribution >= 0.6 is 0 Å². The van der Waals surface area contributed by atoms with Gasteiger partial charge in [0, 0.05) is 20.2 Å². The second-order valence-electron chi connectivity index (χ2n) is 3.24. The van der Waals surface area contributed by atoms with Crippen LogP contribution in [0.15, 0.2) is 0 Å². The molecule has 0 aliphatic heterocycles. The molecule has 86 valence electrons. The number of carbonyl (C=O) groups is 1. The van der Waals surface area contributed by atoms with Crippen LogP contribution in [0.4, 0.5) is 0 Å². The molecule has 0 spiro atoms. The molecule has 0 aromatic rings. The lowest BCUT2D eigenvalue weighted by Crippen LogP contribution is -2.45. The lowest BCUT2D eigenvalue weighted by atomic mass is 10.2. The summed E-state index contributed by atoms with van der Waals surface area (Å²) in [6.45, 7) is 3.29. The van der Waals surface area contributed by atoms with E-state index in [4.69, 9.17) is 10.00 Å². The molecular weight excluding hydrogens is 194 g/mol. The van der Waals surface area contributed by atoms with Crippen LogP contribution < -0.4 is 5.32 Å². The summed E-state index contributed by atoms with van der Waals surface area (Å²) in [6, 6.07) is 1.81. The maximum atomic E-state index is 11.8.